The van der Waals surface area contributed by atoms with Crippen LogP contribution in [-0.2, 0) is 16.1 Å². The molecule has 0 aliphatic rings. The molecule has 3 aromatic rings. The van der Waals surface area contributed by atoms with Crippen molar-refractivity contribution in [1.29, 1.82) is 0 Å². The van der Waals surface area contributed by atoms with E-state index < -0.39 is 0 Å². The van der Waals surface area contributed by atoms with Gasteiger partial charge in [-0.1, -0.05) is 48.0 Å². The minimum Gasteiger partial charge on any atom is -0.352 e. The normalized spacial score (nSPS) is 11.6. The summed E-state index contributed by atoms with van der Waals surface area (Å²) in [5.41, 5.74) is 3.91. The maximum atomic E-state index is 12.4. The van der Waals surface area contributed by atoms with Gasteiger partial charge in [0.2, 0.25) is 11.8 Å². The molecule has 0 aliphatic carbocycles. The van der Waals surface area contributed by atoms with Gasteiger partial charge in [-0.3, -0.25) is 9.59 Å². The standard InChI is InChI=1S/C22H24N4O2/c1-16-8-10-19(11-9-16)21(25-17(2)27)12-22(28)23-13-18-14-24-26(15-18)20-6-4-3-5-7-20/h3-11,14-15,21H,12-13H2,1-2H3,(H,23,28)(H,25,27). The Kier molecular flexibility index (Phi) is 6.22. The molecule has 1 heterocycles. The quantitative estimate of drug-likeness (QED) is 0.665. The summed E-state index contributed by atoms with van der Waals surface area (Å²) in [5, 5.41) is 10.1. The Bertz CT molecular complexity index is 933. The van der Waals surface area contributed by atoms with E-state index in [-0.39, 0.29) is 24.3 Å². The lowest BCUT2D eigenvalue weighted by molar-refractivity contribution is -0.122. The zero-order valence-electron chi connectivity index (χ0n) is 16.1. The Labute approximate surface area is 164 Å². The van der Waals surface area contributed by atoms with E-state index in [1.165, 1.54) is 6.92 Å². The van der Waals surface area contributed by atoms with Crippen molar-refractivity contribution < 1.29 is 9.59 Å². The fourth-order valence-corrected chi connectivity index (χ4v) is 2.93. The number of nitrogens with zero attached hydrogens (tertiary/aromatic N) is 2. The zero-order chi connectivity index (χ0) is 19.9. The first-order chi connectivity index (χ1) is 13.5. The van der Waals surface area contributed by atoms with Crippen LogP contribution >= 0.6 is 0 Å². The smallest absolute Gasteiger partial charge is 0.222 e. The first kappa shape index (κ1) is 19.4. The van der Waals surface area contributed by atoms with Crippen LogP contribution in [0.5, 0.6) is 0 Å². The summed E-state index contributed by atoms with van der Waals surface area (Å²) >= 11 is 0. The highest BCUT2D eigenvalue weighted by molar-refractivity contribution is 5.79. The van der Waals surface area contributed by atoms with Gasteiger partial charge in [-0.05, 0) is 24.6 Å². The number of aryl methyl sites for hydroxylation is 1. The molecule has 3 rings (SSSR count). The second-order valence-corrected chi connectivity index (χ2v) is 6.77. The van der Waals surface area contributed by atoms with E-state index >= 15 is 0 Å². The van der Waals surface area contributed by atoms with Gasteiger partial charge in [0, 0.05) is 25.2 Å². The van der Waals surface area contributed by atoms with Crippen molar-refractivity contribution in [3.05, 3.63) is 83.7 Å². The minimum atomic E-state index is -0.356. The lowest BCUT2D eigenvalue weighted by Crippen LogP contribution is -2.32. The van der Waals surface area contributed by atoms with Crippen LogP contribution in [0, 0.1) is 6.92 Å². The van der Waals surface area contributed by atoms with Crippen molar-refractivity contribution in [2.45, 2.75) is 32.9 Å². The van der Waals surface area contributed by atoms with Crippen LogP contribution in [0.4, 0.5) is 0 Å². The van der Waals surface area contributed by atoms with E-state index in [1.807, 2.05) is 67.7 Å². The molecule has 1 atom stereocenters. The number of para-hydroxylation sites is 1. The molecule has 0 saturated heterocycles. The van der Waals surface area contributed by atoms with Crippen LogP contribution in [0.1, 0.15) is 36.1 Å². The van der Waals surface area contributed by atoms with Crippen molar-refractivity contribution in [3.8, 4) is 5.69 Å². The molecule has 0 bridgehead atoms. The van der Waals surface area contributed by atoms with Crippen LogP contribution in [0.25, 0.3) is 5.69 Å². The summed E-state index contributed by atoms with van der Waals surface area (Å²) in [7, 11) is 0. The number of carbonyl (C=O) groups is 2. The van der Waals surface area contributed by atoms with Crippen LogP contribution in [-0.4, -0.2) is 21.6 Å². The molecule has 6 heteroatoms. The average molecular weight is 376 g/mol. The molecule has 0 radical (unpaired) electrons. The number of nitrogens with one attached hydrogen (secondary N) is 2. The van der Waals surface area contributed by atoms with E-state index in [0.29, 0.717) is 6.54 Å². The molecule has 1 unspecified atom stereocenters. The van der Waals surface area contributed by atoms with Crippen molar-refractivity contribution in [3.63, 3.8) is 0 Å². The second kappa shape index (κ2) is 8.99. The maximum Gasteiger partial charge on any atom is 0.222 e. The van der Waals surface area contributed by atoms with Gasteiger partial charge in [0.05, 0.1) is 24.3 Å². The summed E-state index contributed by atoms with van der Waals surface area (Å²) in [5.74, 6) is -0.297. The Balaban J connectivity index is 1.59. The molecule has 2 N–H and O–H groups in total. The maximum absolute atomic E-state index is 12.4. The van der Waals surface area contributed by atoms with Gasteiger partial charge in [0.1, 0.15) is 0 Å². The number of rotatable bonds is 7. The van der Waals surface area contributed by atoms with Gasteiger partial charge >= 0.3 is 0 Å². The highest BCUT2D eigenvalue weighted by atomic mass is 16.2. The number of benzene rings is 2. The molecular formula is C22H24N4O2. The largest absolute Gasteiger partial charge is 0.352 e. The van der Waals surface area contributed by atoms with Gasteiger partial charge < -0.3 is 10.6 Å². The van der Waals surface area contributed by atoms with Crippen molar-refractivity contribution in [2.24, 2.45) is 0 Å². The zero-order valence-corrected chi connectivity index (χ0v) is 16.1. The minimum absolute atomic E-state index is 0.133. The van der Waals surface area contributed by atoms with Gasteiger partial charge in [-0.15, -0.1) is 0 Å². The van der Waals surface area contributed by atoms with Crippen LogP contribution in [0.2, 0.25) is 0 Å². The first-order valence-electron chi connectivity index (χ1n) is 9.20. The number of hydrogen-bond acceptors (Lipinski definition) is 3. The third-order valence-corrected chi connectivity index (χ3v) is 4.39. The van der Waals surface area contributed by atoms with Crippen LogP contribution < -0.4 is 10.6 Å². The molecule has 144 valence electrons. The Morgan fingerprint density at radius 2 is 1.79 bits per heavy atom. The molecule has 6 nitrogen and oxygen atoms in total. The molecule has 0 fully saturated rings. The Morgan fingerprint density at radius 3 is 2.46 bits per heavy atom. The fourth-order valence-electron chi connectivity index (χ4n) is 2.93. The fraction of sp³-hybridized carbons (Fsp3) is 0.227. The third kappa shape index (κ3) is 5.30. The molecule has 0 spiro atoms. The predicted octanol–water partition coefficient (Wildman–Crippen LogP) is 3.06. The van der Waals surface area contributed by atoms with E-state index in [4.69, 9.17) is 0 Å². The Hall–Kier alpha value is -3.41. The molecule has 0 saturated carbocycles. The lowest BCUT2D eigenvalue weighted by atomic mass is 10.0. The number of aromatic nitrogens is 2. The van der Waals surface area contributed by atoms with Gasteiger partial charge in [0.25, 0.3) is 0 Å². The topological polar surface area (TPSA) is 76.0 Å². The van der Waals surface area contributed by atoms with E-state index in [1.54, 1.807) is 10.9 Å². The SMILES string of the molecule is CC(=O)NC(CC(=O)NCc1cnn(-c2ccccc2)c1)c1ccc(C)cc1. The van der Waals surface area contributed by atoms with E-state index in [0.717, 1.165) is 22.4 Å². The molecule has 2 amide bonds. The number of hydrogen-bond donors (Lipinski definition) is 2. The second-order valence-electron chi connectivity index (χ2n) is 6.77. The summed E-state index contributed by atoms with van der Waals surface area (Å²) in [6, 6.07) is 17.3. The summed E-state index contributed by atoms with van der Waals surface area (Å²) in [6.07, 6.45) is 3.80. The molecule has 28 heavy (non-hydrogen) atoms. The number of carbonyl (C=O) groups excluding carboxylic acids is 2. The van der Waals surface area contributed by atoms with Gasteiger partial charge in [-0.25, -0.2) is 4.68 Å². The van der Waals surface area contributed by atoms with Crippen molar-refractivity contribution in [1.82, 2.24) is 20.4 Å². The lowest BCUT2D eigenvalue weighted by Gasteiger charge is -2.18. The van der Waals surface area contributed by atoms with E-state index in [2.05, 4.69) is 15.7 Å². The summed E-state index contributed by atoms with van der Waals surface area (Å²) < 4.78 is 1.77. The van der Waals surface area contributed by atoms with Gasteiger partial charge in [-0.2, -0.15) is 5.10 Å². The predicted molar refractivity (Wildman–Crippen MR) is 108 cm³/mol. The Morgan fingerprint density at radius 1 is 1.07 bits per heavy atom. The van der Waals surface area contributed by atoms with Gasteiger partial charge in [0.15, 0.2) is 0 Å². The highest BCUT2D eigenvalue weighted by Crippen LogP contribution is 2.18. The van der Waals surface area contributed by atoms with Crippen LogP contribution in [0.3, 0.4) is 0 Å². The summed E-state index contributed by atoms with van der Waals surface area (Å²) in [4.78, 5) is 24.0. The highest BCUT2D eigenvalue weighted by Gasteiger charge is 2.17. The third-order valence-electron chi connectivity index (χ3n) is 4.39. The van der Waals surface area contributed by atoms with E-state index in [9.17, 15) is 9.59 Å². The molecular weight excluding hydrogens is 352 g/mol. The molecule has 1 aromatic heterocycles. The number of amides is 2. The average Bonchev–Trinajstić information content (AvgIpc) is 3.16. The van der Waals surface area contributed by atoms with Crippen molar-refractivity contribution >= 4 is 11.8 Å². The molecule has 2 aromatic carbocycles. The molecule has 0 aliphatic heterocycles. The first-order valence-corrected chi connectivity index (χ1v) is 9.20. The van der Waals surface area contributed by atoms with Crippen LogP contribution in [0.15, 0.2) is 67.0 Å². The summed E-state index contributed by atoms with van der Waals surface area (Å²) in [6.45, 7) is 3.84. The van der Waals surface area contributed by atoms with Crippen molar-refractivity contribution in [2.75, 3.05) is 0 Å². The monoisotopic (exact) mass is 376 g/mol.